The van der Waals surface area contributed by atoms with Crippen molar-refractivity contribution in [3.05, 3.63) is 24.2 Å². The van der Waals surface area contributed by atoms with Gasteiger partial charge in [-0.25, -0.2) is 0 Å². The van der Waals surface area contributed by atoms with Gasteiger partial charge in [0.2, 0.25) is 11.8 Å². The molecule has 5 heteroatoms. The van der Waals surface area contributed by atoms with E-state index in [-0.39, 0.29) is 17.9 Å². The van der Waals surface area contributed by atoms with Gasteiger partial charge in [0, 0.05) is 19.5 Å². The van der Waals surface area contributed by atoms with E-state index < -0.39 is 0 Å². The summed E-state index contributed by atoms with van der Waals surface area (Å²) in [5.74, 6) is 0.887. The lowest BCUT2D eigenvalue weighted by molar-refractivity contribution is -0.141. The largest absolute Gasteiger partial charge is 0.467 e. The van der Waals surface area contributed by atoms with Gasteiger partial charge in [0.1, 0.15) is 11.8 Å². The molecule has 3 rings (SSSR count). The lowest BCUT2D eigenvalue weighted by atomic mass is 10.2. The lowest BCUT2D eigenvalue weighted by Crippen LogP contribution is -2.45. The van der Waals surface area contributed by atoms with Crippen LogP contribution in [0.2, 0.25) is 0 Å². The Bertz CT molecular complexity index is 463. The van der Waals surface area contributed by atoms with Crippen molar-refractivity contribution in [1.29, 1.82) is 0 Å². The summed E-state index contributed by atoms with van der Waals surface area (Å²) in [5, 5.41) is 0. The fourth-order valence-electron chi connectivity index (χ4n) is 2.91. The molecule has 0 saturated carbocycles. The van der Waals surface area contributed by atoms with Crippen molar-refractivity contribution >= 4 is 11.8 Å². The number of hydrogen-bond acceptors (Lipinski definition) is 3. The first-order valence-corrected chi connectivity index (χ1v) is 6.86. The van der Waals surface area contributed by atoms with Crippen molar-refractivity contribution in [2.24, 2.45) is 0 Å². The van der Waals surface area contributed by atoms with Crippen LogP contribution in [0, 0.1) is 0 Å². The molecule has 0 aliphatic carbocycles. The highest BCUT2D eigenvalue weighted by Crippen LogP contribution is 2.24. The Hall–Kier alpha value is -1.78. The molecule has 0 spiro atoms. The highest BCUT2D eigenvalue weighted by Gasteiger charge is 2.38. The maximum atomic E-state index is 12.4. The van der Waals surface area contributed by atoms with Crippen LogP contribution in [0.1, 0.15) is 31.4 Å². The third-order valence-corrected chi connectivity index (χ3v) is 3.94. The summed E-state index contributed by atoms with van der Waals surface area (Å²) in [6, 6.07) is 3.34. The predicted molar refractivity (Wildman–Crippen MR) is 68.1 cm³/mol. The van der Waals surface area contributed by atoms with E-state index in [0.717, 1.165) is 31.7 Å². The fourth-order valence-corrected chi connectivity index (χ4v) is 2.91. The summed E-state index contributed by atoms with van der Waals surface area (Å²) in [6.07, 6.45) is 4.84. The molecule has 19 heavy (non-hydrogen) atoms. The number of carbonyl (C=O) groups is 2. The quantitative estimate of drug-likeness (QED) is 0.827. The average Bonchev–Trinajstić information content (AvgIpc) is 3.13. The summed E-state index contributed by atoms with van der Waals surface area (Å²) in [7, 11) is 0. The molecule has 0 bridgehead atoms. The van der Waals surface area contributed by atoms with Crippen LogP contribution in [0.25, 0.3) is 0 Å². The van der Waals surface area contributed by atoms with E-state index in [4.69, 9.17) is 4.42 Å². The van der Waals surface area contributed by atoms with Crippen LogP contribution in [0.3, 0.4) is 0 Å². The Morgan fingerprint density at radius 1 is 1.37 bits per heavy atom. The molecule has 0 aromatic carbocycles. The van der Waals surface area contributed by atoms with Crippen LogP contribution < -0.4 is 0 Å². The number of nitrogens with zero attached hydrogens (tertiary/aromatic N) is 2. The molecule has 1 atom stereocenters. The molecule has 1 aromatic rings. The SMILES string of the molecule is O=C([C@H]1CCC(=O)N1Cc1ccco1)N1CCCC1. The van der Waals surface area contributed by atoms with E-state index >= 15 is 0 Å². The van der Waals surface area contributed by atoms with Gasteiger partial charge in [0.05, 0.1) is 12.8 Å². The van der Waals surface area contributed by atoms with E-state index in [2.05, 4.69) is 0 Å². The maximum absolute atomic E-state index is 12.4. The molecule has 0 N–H and O–H groups in total. The van der Waals surface area contributed by atoms with Crippen LogP contribution in [0.15, 0.2) is 22.8 Å². The lowest BCUT2D eigenvalue weighted by Gasteiger charge is -2.27. The minimum absolute atomic E-state index is 0.0500. The van der Waals surface area contributed by atoms with E-state index in [0.29, 0.717) is 19.4 Å². The molecular weight excluding hydrogens is 244 g/mol. The molecule has 5 nitrogen and oxygen atoms in total. The molecule has 2 amide bonds. The second-order valence-corrected chi connectivity index (χ2v) is 5.19. The Balaban J connectivity index is 1.72. The second-order valence-electron chi connectivity index (χ2n) is 5.19. The van der Waals surface area contributed by atoms with Gasteiger partial charge in [-0.3, -0.25) is 9.59 Å². The highest BCUT2D eigenvalue weighted by molar-refractivity contribution is 5.91. The predicted octanol–water partition coefficient (Wildman–Crippen LogP) is 1.39. The number of amides is 2. The van der Waals surface area contributed by atoms with Crippen LogP contribution in [0.4, 0.5) is 0 Å². The van der Waals surface area contributed by atoms with Gasteiger partial charge in [-0.15, -0.1) is 0 Å². The fraction of sp³-hybridized carbons (Fsp3) is 0.571. The summed E-state index contributed by atoms with van der Waals surface area (Å²) in [5.41, 5.74) is 0. The van der Waals surface area contributed by atoms with Crippen LogP contribution in [-0.4, -0.2) is 40.7 Å². The van der Waals surface area contributed by atoms with Gasteiger partial charge in [-0.1, -0.05) is 0 Å². The standard InChI is InChI=1S/C14H18N2O3/c17-13-6-5-12(14(18)15-7-1-2-8-15)16(13)10-11-4-3-9-19-11/h3-4,9,12H,1-2,5-8,10H2/t12-/m1/s1. The number of carbonyl (C=O) groups excluding carboxylic acids is 2. The number of furan rings is 1. The van der Waals surface area contributed by atoms with Gasteiger partial charge in [-0.2, -0.15) is 0 Å². The first-order chi connectivity index (χ1) is 9.25. The average molecular weight is 262 g/mol. The van der Waals surface area contributed by atoms with Gasteiger partial charge < -0.3 is 14.2 Å². The zero-order valence-corrected chi connectivity index (χ0v) is 10.9. The molecule has 3 heterocycles. The first-order valence-electron chi connectivity index (χ1n) is 6.86. The zero-order valence-electron chi connectivity index (χ0n) is 10.9. The van der Waals surface area contributed by atoms with Crippen molar-refractivity contribution < 1.29 is 14.0 Å². The van der Waals surface area contributed by atoms with Gasteiger partial charge in [0.15, 0.2) is 0 Å². The summed E-state index contributed by atoms with van der Waals surface area (Å²) < 4.78 is 5.28. The Morgan fingerprint density at radius 2 is 2.16 bits per heavy atom. The van der Waals surface area contributed by atoms with Gasteiger partial charge in [0.25, 0.3) is 0 Å². The summed E-state index contributed by atoms with van der Waals surface area (Å²) in [4.78, 5) is 27.9. The molecule has 0 radical (unpaired) electrons. The van der Waals surface area contributed by atoms with E-state index in [1.165, 1.54) is 0 Å². The van der Waals surface area contributed by atoms with Crippen molar-refractivity contribution in [3.63, 3.8) is 0 Å². The molecule has 2 aliphatic heterocycles. The van der Waals surface area contributed by atoms with Crippen molar-refractivity contribution in [1.82, 2.24) is 9.80 Å². The Morgan fingerprint density at radius 3 is 2.84 bits per heavy atom. The molecule has 102 valence electrons. The van der Waals surface area contributed by atoms with Crippen LogP contribution in [0.5, 0.6) is 0 Å². The molecule has 1 aromatic heterocycles. The van der Waals surface area contributed by atoms with Crippen molar-refractivity contribution in [2.45, 2.75) is 38.3 Å². The third kappa shape index (κ3) is 2.37. The highest BCUT2D eigenvalue weighted by atomic mass is 16.3. The topological polar surface area (TPSA) is 53.8 Å². The van der Waals surface area contributed by atoms with Crippen LogP contribution in [-0.2, 0) is 16.1 Å². The summed E-state index contributed by atoms with van der Waals surface area (Å²) >= 11 is 0. The normalized spacial score (nSPS) is 23.4. The minimum atomic E-state index is -0.296. The van der Waals surface area contributed by atoms with Crippen molar-refractivity contribution in [3.8, 4) is 0 Å². The molecular formula is C14H18N2O3. The van der Waals surface area contributed by atoms with Crippen molar-refractivity contribution in [2.75, 3.05) is 13.1 Å². The smallest absolute Gasteiger partial charge is 0.245 e. The third-order valence-electron chi connectivity index (χ3n) is 3.94. The number of hydrogen-bond donors (Lipinski definition) is 0. The molecule has 0 unspecified atom stereocenters. The molecule has 2 aliphatic rings. The van der Waals surface area contributed by atoms with E-state index in [1.54, 1.807) is 17.2 Å². The van der Waals surface area contributed by atoms with E-state index in [9.17, 15) is 9.59 Å². The minimum Gasteiger partial charge on any atom is -0.467 e. The monoisotopic (exact) mass is 262 g/mol. The van der Waals surface area contributed by atoms with Crippen LogP contribution >= 0.6 is 0 Å². The van der Waals surface area contributed by atoms with Gasteiger partial charge >= 0.3 is 0 Å². The number of likely N-dealkylation sites (tertiary alicyclic amines) is 2. The summed E-state index contributed by atoms with van der Waals surface area (Å²) in [6.45, 7) is 2.06. The second kappa shape index (κ2) is 5.07. The van der Waals surface area contributed by atoms with Gasteiger partial charge in [-0.05, 0) is 31.4 Å². The molecule has 2 fully saturated rings. The van der Waals surface area contributed by atoms with E-state index in [1.807, 2.05) is 11.0 Å². The zero-order chi connectivity index (χ0) is 13.2. The Labute approximate surface area is 112 Å². The number of rotatable bonds is 3. The first kappa shape index (κ1) is 12.3. The molecule has 2 saturated heterocycles. The Kier molecular flexibility index (Phi) is 3.27. The maximum Gasteiger partial charge on any atom is 0.245 e.